The highest BCUT2D eigenvalue weighted by molar-refractivity contribution is 5.94. The molecule has 2 aromatic heterocycles. The first kappa shape index (κ1) is 15.1. The molecule has 2 heterocycles. The predicted octanol–water partition coefficient (Wildman–Crippen LogP) is 3.67. The highest BCUT2D eigenvalue weighted by Gasteiger charge is 2.11. The van der Waals surface area contributed by atoms with Crippen molar-refractivity contribution in [1.82, 2.24) is 9.38 Å². The number of rotatable bonds is 1. The molecular formula is C19H18N2O2. The van der Waals surface area contributed by atoms with Gasteiger partial charge in [0.2, 0.25) is 0 Å². The van der Waals surface area contributed by atoms with Crippen LogP contribution in [0.4, 0.5) is 0 Å². The van der Waals surface area contributed by atoms with E-state index in [1.54, 1.807) is 12.1 Å². The van der Waals surface area contributed by atoms with Gasteiger partial charge in [-0.2, -0.15) is 0 Å². The van der Waals surface area contributed by atoms with E-state index >= 15 is 0 Å². The Morgan fingerprint density at radius 2 is 2.00 bits per heavy atom. The maximum atomic E-state index is 11.7. The Morgan fingerprint density at radius 3 is 2.70 bits per heavy atom. The lowest BCUT2D eigenvalue weighted by Gasteiger charge is -2.08. The van der Waals surface area contributed by atoms with Crippen LogP contribution >= 0.6 is 0 Å². The van der Waals surface area contributed by atoms with Crippen molar-refractivity contribution in [1.29, 1.82) is 0 Å². The van der Waals surface area contributed by atoms with Gasteiger partial charge in [0.1, 0.15) is 5.69 Å². The summed E-state index contributed by atoms with van der Waals surface area (Å²) in [4.78, 5) is 16.4. The molecule has 23 heavy (non-hydrogen) atoms. The van der Waals surface area contributed by atoms with Crippen molar-refractivity contribution >= 4 is 22.5 Å². The number of carbonyl (C=O) groups excluding carboxylic acids is 1. The molecule has 0 bridgehead atoms. The monoisotopic (exact) mass is 306 g/mol. The number of ether oxygens (including phenoxy) is 1. The third kappa shape index (κ3) is 2.91. The fourth-order valence-corrected chi connectivity index (χ4v) is 2.36. The summed E-state index contributed by atoms with van der Waals surface area (Å²) >= 11 is 0. The number of benzene rings is 1. The first-order valence-electron chi connectivity index (χ1n) is 7.41. The van der Waals surface area contributed by atoms with Crippen LogP contribution in [-0.4, -0.2) is 22.5 Å². The van der Waals surface area contributed by atoms with Gasteiger partial charge in [-0.1, -0.05) is 5.92 Å². The van der Waals surface area contributed by atoms with Gasteiger partial charge < -0.3 is 9.14 Å². The van der Waals surface area contributed by atoms with Gasteiger partial charge in [-0.25, -0.2) is 9.78 Å². The number of aromatic nitrogens is 2. The van der Waals surface area contributed by atoms with E-state index in [1.165, 1.54) is 7.11 Å². The van der Waals surface area contributed by atoms with Gasteiger partial charge in [0.25, 0.3) is 0 Å². The van der Waals surface area contributed by atoms with Crippen molar-refractivity contribution in [3.8, 4) is 11.8 Å². The average Bonchev–Trinajstić information content (AvgIpc) is 3.00. The average molecular weight is 306 g/mol. The second-order valence-corrected chi connectivity index (χ2v) is 6.42. The van der Waals surface area contributed by atoms with Crippen LogP contribution < -0.4 is 0 Å². The maximum absolute atomic E-state index is 11.7. The number of hydrogen-bond donors (Lipinski definition) is 0. The molecule has 0 N–H and O–H groups in total. The number of methoxy groups -OCH3 is 1. The summed E-state index contributed by atoms with van der Waals surface area (Å²) in [6.07, 6.45) is 1.97. The zero-order chi connectivity index (χ0) is 16.6. The van der Waals surface area contributed by atoms with E-state index < -0.39 is 0 Å². The van der Waals surface area contributed by atoms with Crippen molar-refractivity contribution in [3.63, 3.8) is 0 Å². The fraction of sp³-hybridized carbons (Fsp3) is 0.263. The zero-order valence-electron chi connectivity index (χ0n) is 13.7. The van der Waals surface area contributed by atoms with Gasteiger partial charge in [0.15, 0.2) is 0 Å². The Balaban J connectivity index is 2.27. The number of fused-ring (bicyclic) bond motifs is 3. The molecule has 3 rings (SSSR count). The van der Waals surface area contributed by atoms with Crippen LogP contribution in [-0.2, 0) is 4.74 Å². The molecular weight excluding hydrogens is 288 g/mol. The smallest absolute Gasteiger partial charge is 0.337 e. The summed E-state index contributed by atoms with van der Waals surface area (Å²) in [5.41, 5.74) is 3.69. The van der Waals surface area contributed by atoms with E-state index in [0.29, 0.717) is 11.3 Å². The molecule has 0 aliphatic carbocycles. The topological polar surface area (TPSA) is 43.6 Å². The van der Waals surface area contributed by atoms with Crippen molar-refractivity contribution in [3.05, 3.63) is 47.8 Å². The Morgan fingerprint density at radius 1 is 1.22 bits per heavy atom. The molecule has 0 aliphatic heterocycles. The van der Waals surface area contributed by atoms with E-state index in [4.69, 9.17) is 4.74 Å². The highest BCUT2D eigenvalue weighted by Crippen LogP contribution is 2.21. The SMILES string of the molecule is COC(=O)c1ccc2c(c1)nc(C#CC(C)(C)C)c1cccn12. The normalized spacial score (nSPS) is 11.3. The number of hydrogen-bond acceptors (Lipinski definition) is 3. The van der Waals surface area contributed by atoms with E-state index in [9.17, 15) is 4.79 Å². The third-order valence-corrected chi connectivity index (χ3v) is 3.44. The summed E-state index contributed by atoms with van der Waals surface area (Å²) in [6.45, 7) is 6.18. The first-order valence-corrected chi connectivity index (χ1v) is 7.41. The van der Waals surface area contributed by atoms with Crippen molar-refractivity contribution < 1.29 is 9.53 Å². The lowest BCUT2D eigenvalue weighted by molar-refractivity contribution is 0.0601. The highest BCUT2D eigenvalue weighted by atomic mass is 16.5. The second-order valence-electron chi connectivity index (χ2n) is 6.42. The van der Waals surface area contributed by atoms with Gasteiger partial charge in [-0.15, -0.1) is 0 Å². The van der Waals surface area contributed by atoms with Gasteiger partial charge in [-0.3, -0.25) is 0 Å². The third-order valence-electron chi connectivity index (χ3n) is 3.44. The van der Waals surface area contributed by atoms with Gasteiger partial charge in [0.05, 0.1) is 29.2 Å². The second kappa shape index (κ2) is 5.44. The molecule has 0 amide bonds. The lowest BCUT2D eigenvalue weighted by Crippen LogP contribution is -2.03. The molecule has 0 aliphatic rings. The predicted molar refractivity (Wildman–Crippen MR) is 90.4 cm³/mol. The summed E-state index contributed by atoms with van der Waals surface area (Å²) < 4.78 is 6.82. The van der Waals surface area contributed by atoms with Crippen LogP contribution in [0.15, 0.2) is 36.5 Å². The Labute approximate surface area is 135 Å². The largest absolute Gasteiger partial charge is 0.465 e. The summed E-state index contributed by atoms with van der Waals surface area (Å²) in [5.74, 6) is 6.01. The van der Waals surface area contributed by atoms with Crippen LogP contribution in [0, 0.1) is 17.3 Å². The first-order chi connectivity index (χ1) is 10.9. The quantitative estimate of drug-likeness (QED) is 0.509. The van der Waals surface area contributed by atoms with E-state index in [1.807, 2.05) is 28.8 Å². The Kier molecular flexibility index (Phi) is 3.57. The Bertz CT molecular complexity index is 966. The fourth-order valence-electron chi connectivity index (χ4n) is 2.36. The van der Waals surface area contributed by atoms with Crippen LogP contribution in [0.2, 0.25) is 0 Å². The molecule has 0 spiro atoms. The van der Waals surface area contributed by atoms with Crippen LogP contribution in [0.3, 0.4) is 0 Å². The molecule has 0 fully saturated rings. The Hall–Kier alpha value is -2.80. The van der Waals surface area contributed by atoms with E-state index in [-0.39, 0.29) is 11.4 Å². The summed E-state index contributed by atoms with van der Waals surface area (Å²) in [5, 5.41) is 0. The summed E-state index contributed by atoms with van der Waals surface area (Å²) in [7, 11) is 1.37. The molecule has 116 valence electrons. The van der Waals surface area contributed by atoms with Crippen molar-refractivity contribution in [2.24, 2.45) is 5.41 Å². The molecule has 0 unspecified atom stereocenters. The minimum absolute atomic E-state index is 0.103. The minimum atomic E-state index is -0.372. The molecule has 0 atom stereocenters. The van der Waals surface area contributed by atoms with Gasteiger partial charge in [0, 0.05) is 11.6 Å². The van der Waals surface area contributed by atoms with Gasteiger partial charge >= 0.3 is 5.97 Å². The molecule has 4 heteroatoms. The van der Waals surface area contributed by atoms with Crippen LogP contribution in [0.25, 0.3) is 16.6 Å². The van der Waals surface area contributed by atoms with Crippen LogP contribution in [0.1, 0.15) is 36.8 Å². The number of esters is 1. The van der Waals surface area contributed by atoms with Gasteiger partial charge in [-0.05, 0) is 57.0 Å². The van der Waals surface area contributed by atoms with E-state index in [0.717, 1.165) is 16.6 Å². The van der Waals surface area contributed by atoms with Crippen LogP contribution in [0.5, 0.6) is 0 Å². The minimum Gasteiger partial charge on any atom is -0.465 e. The molecule has 1 aromatic carbocycles. The van der Waals surface area contributed by atoms with Crippen molar-refractivity contribution in [2.45, 2.75) is 20.8 Å². The molecule has 0 saturated heterocycles. The maximum Gasteiger partial charge on any atom is 0.337 e. The molecule has 4 nitrogen and oxygen atoms in total. The van der Waals surface area contributed by atoms with Crippen molar-refractivity contribution in [2.75, 3.05) is 7.11 Å². The molecule has 0 saturated carbocycles. The van der Waals surface area contributed by atoms with E-state index in [2.05, 4.69) is 37.6 Å². The number of carbonyl (C=O) groups is 1. The lowest BCUT2D eigenvalue weighted by atomic mass is 9.98. The zero-order valence-corrected chi connectivity index (χ0v) is 13.7. The molecule has 0 radical (unpaired) electrons. The standard InChI is InChI=1S/C19H18N2O2/c1-19(2,3)10-9-14-16-6-5-11-21(16)17-8-7-13(18(22)23-4)12-15(17)20-14/h5-8,11-12H,1-4H3. The molecule has 3 aromatic rings. The summed E-state index contributed by atoms with van der Waals surface area (Å²) in [6, 6.07) is 9.32. The number of nitrogens with zero attached hydrogens (tertiary/aromatic N) is 2.